The van der Waals surface area contributed by atoms with E-state index in [1.165, 1.54) is 17.1 Å². The molecule has 1 heterocycles. The smallest absolute Gasteiger partial charge is 0.0455 e. The summed E-state index contributed by atoms with van der Waals surface area (Å²) in [5.74, 6) is 1.09. The molecule has 0 atom stereocenters. The maximum absolute atomic E-state index is 2.40. The molecular formula is C16H21N. The van der Waals surface area contributed by atoms with Crippen molar-refractivity contribution in [2.45, 2.75) is 39.5 Å². The monoisotopic (exact) mass is 227 g/mol. The Morgan fingerprint density at radius 1 is 0.706 bits per heavy atom. The normalized spacial score (nSPS) is 11.4. The van der Waals surface area contributed by atoms with Crippen molar-refractivity contribution in [2.75, 3.05) is 0 Å². The fourth-order valence-electron chi connectivity index (χ4n) is 2.25. The van der Waals surface area contributed by atoms with E-state index >= 15 is 0 Å². The SMILES string of the molecule is CC(C)c1ccc(C(C)C)n1-c1ccccc1. The van der Waals surface area contributed by atoms with Gasteiger partial charge in [0.05, 0.1) is 0 Å². The van der Waals surface area contributed by atoms with E-state index in [1.807, 2.05) is 0 Å². The van der Waals surface area contributed by atoms with Gasteiger partial charge in [0.2, 0.25) is 0 Å². The molecule has 0 N–H and O–H groups in total. The van der Waals surface area contributed by atoms with Crippen molar-refractivity contribution >= 4 is 0 Å². The quantitative estimate of drug-likeness (QED) is 0.714. The molecule has 0 aliphatic carbocycles. The first-order chi connectivity index (χ1) is 8.11. The molecule has 0 saturated heterocycles. The van der Waals surface area contributed by atoms with Crippen LogP contribution in [0, 0.1) is 0 Å². The van der Waals surface area contributed by atoms with Gasteiger partial charge in [0.15, 0.2) is 0 Å². The number of hydrogen-bond donors (Lipinski definition) is 0. The van der Waals surface area contributed by atoms with Crippen LogP contribution in [-0.2, 0) is 0 Å². The lowest BCUT2D eigenvalue weighted by molar-refractivity contribution is 0.727. The zero-order valence-electron chi connectivity index (χ0n) is 11.1. The molecule has 1 nitrogen and oxygen atoms in total. The highest BCUT2D eigenvalue weighted by Gasteiger charge is 2.14. The van der Waals surface area contributed by atoms with Gasteiger partial charge >= 0.3 is 0 Å². The third-order valence-electron chi connectivity index (χ3n) is 3.14. The minimum atomic E-state index is 0.544. The lowest BCUT2D eigenvalue weighted by Crippen LogP contribution is -2.06. The second-order valence-electron chi connectivity index (χ2n) is 5.16. The molecule has 2 aromatic rings. The van der Waals surface area contributed by atoms with Crippen LogP contribution in [0.15, 0.2) is 42.5 Å². The Bertz CT molecular complexity index is 452. The highest BCUT2D eigenvalue weighted by molar-refractivity contribution is 5.39. The van der Waals surface area contributed by atoms with Crippen molar-refractivity contribution in [1.82, 2.24) is 4.57 Å². The van der Waals surface area contributed by atoms with E-state index in [1.54, 1.807) is 0 Å². The Morgan fingerprint density at radius 3 is 1.59 bits per heavy atom. The van der Waals surface area contributed by atoms with Crippen LogP contribution in [0.4, 0.5) is 0 Å². The van der Waals surface area contributed by atoms with Gasteiger partial charge < -0.3 is 4.57 Å². The molecule has 0 spiro atoms. The van der Waals surface area contributed by atoms with Gasteiger partial charge in [-0.15, -0.1) is 0 Å². The Balaban J connectivity index is 2.60. The molecule has 1 aromatic carbocycles. The molecule has 0 saturated carbocycles. The third kappa shape index (κ3) is 2.28. The Morgan fingerprint density at radius 2 is 1.18 bits per heavy atom. The van der Waals surface area contributed by atoms with E-state index < -0.39 is 0 Å². The number of aromatic nitrogens is 1. The molecule has 1 heteroatoms. The minimum Gasteiger partial charge on any atom is -0.317 e. The number of benzene rings is 1. The van der Waals surface area contributed by atoms with Crippen molar-refractivity contribution in [1.29, 1.82) is 0 Å². The summed E-state index contributed by atoms with van der Waals surface area (Å²) in [6.45, 7) is 9.00. The molecule has 0 amide bonds. The average molecular weight is 227 g/mol. The fourth-order valence-corrected chi connectivity index (χ4v) is 2.25. The molecule has 90 valence electrons. The molecular weight excluding hydrogens is 206 g/mol. The second kappa shape index (κ2) is 4.79. The molecule has 0 bridgehead atoms. The zero-order valence-corrected chi connectivity index (χ0v) is 11.1. The van der Waals surface area contributed by atoms with Crippen LogP contribution in [-0.4, -0.2) is 4.57 Å². The van der Waals surface area contributed by atoms with E-state index in [-0.39, 0.29) is 0 Å². The summed E-state index contributed by atoms with van der Waals surface area (Å²) >= 11 is 0. The standard InChI is InChI=1S/C16H21N/c1-12(2)15-10-11-16(13(3)4)17(15)14-8-6-5-7-9-14/h5-13H,1-4H3. The van der Waals surface area contributed by atoms with Gasteiger partial charge in [-0.25, -0.2) is 0 Å². The van der Waals surface area contributed by atoms with Crippen LogP contribution in [0.1, 0.15) is 50.9 Å². The lowest BCUT2D eigenvalue weighted by atomic mass is 10.1. The van der Waals surface area contributed by atoms with E-state index in [0.717, 1.165) is 0 Å². The summed E-state index contributed by atoms with van der Waals surface area (Å²) in [6.07, 6.45) is 0. The van der Waals surface area contributed by atoms with E-state index in [9.17, 15) is 0 Å². The molecule has 1 aromatic heterocycles. The van der Waals surface area contributed by atoms with Crippen LogP contribution >= 0.6 is 0 Å². The number of para-hydroxylation sites is 1. The van der Waals surface area contributed by atoms with Gasteiger partial charge in [0.25, 0.3) is 0 Å². The Kier molecular flexibility index (Phi) is 3.37. The molecule has 2 rings (SSSR count). The number of rotatable bonds is 3. The molecule has 17 heavy (non-hydrogen) atoms. The van der Waals surface area contributed by atoms with E-state index in [0.29, 0.717) is 11.8 Å². The minimum absolute atomic E-state index is 0.544. The van der Waals surface area contributed by atoms with E-state index in [4.69, 9.17) is 0 Å². The predicted octanol–water partition coefficient (Wildman–Crippen LogP) is 4.72. The summed E-state index contributed by atoms with van der Waals surface area (Å²) in [5.41, 5.74) is 4.05. The first-order valence-corrected chi connectivity index (χ1v) is 6.38. The number of nitrogens with zero attached hydrogens (tertiary/aromatic N) is 1. The summed E-state index contributed by atoms with van der Waals surface area (Å²) in [7, 11) is 0. The first kappa shape index (κ1) is 12.0. The average Bonchev–Trinajstić information content (AvgIpc) is 2.74. The topological polar surface area (TPSA) is 4.93 Å². The largest absolute Gasteiger partial charge is 0.317 e. The predicted molar refractivity (Wildman–Crippen MR) is 73.9 cm³/mol. The summed E-state index contributed by atoms with van der Waals surface area (Å²) < 4.78 is 2.40. The van der Waals surface area contributed by atoms with Crippen molar-refractivity contribution in [3.8, 4) is 5.69 Å². The van der Waals surface area contributed by atoms with Crippen LogP contribution in [0.2, 0.25) is 0 Å². The van der Waals surface area contributed by atoms with Crippen molar-refractivity contribution < 1.29 is 0 Å². The molecule has 0 unspecified atom stereocenters. The summed E-state index contributed by atoms with van der Waals surface area (Å²) in [6, 6.07) is 15.1. The van der Waals surface area contributed by atoms with Crippen LogP contribution in [0.25, 0.3) is 5.69 Å². The van der Waals surface area contributed by atoms with Gasteiger partial charge in [0, 0.05) is 17.1 Å². The van der Waals surface area contributed by atoms with Crippen molar-refractivity contribution in [3.63, 3.8) is 0 Å². The highest BCUT2D eigenvalue weighted by Crippen LogP contribution is 2.27. The summed E-state index contributed by atoms with van der Waals surface area (Å²) in [5, 5.41) is 0. The van der Waals surface area contributed by atoms with Gasteiger partial charge in [-0.2, -0.15) is 0 Å². The molecule has 0 fully saturated rings. The first-order valence-electron chi connectivity index (χ1n) is 6.38. The fraction of sp³-hybridized carbons (Fsp3) is 0.375. The Hall–Kier alpha value is -1.50. The van der Waals surface area contributed by atoms with Gasteiger partial charge in [-0.05, 0) is 36.1 Å². The number of hydrogen-bond acceptors (Lipinski definition) is 0. The van der Waals surface area contributed by atoms with Gasteiger partial charge in [-0.3, -0.25) is 0 Å². The lowest BCUT2D eigenvalue weighted by Gasteiger charge is -2.17. The third-order valence-corrected chi connectivity index (χ3v) is 3.14. The Labute approximate surface area is 104 Å². The highest BCUT2D eigenvalue weighted by atomic mass is 15.0. The van der Waals surface area contributed by atoms with Crippen LogP contribution in [0.3, 0.4) is 0 Å². The van der Waals surface area contributed by atoms with Crippen molar-refractivity contribution in [2.24, 2.45) is 0 Å². The second-order valence-corrected chi connectivity index (χ2v) is 5.16. The van der Waals surface area contributed by atoms with Crippen molar-refractivity contribution in [3.05, 3.63) is 53.9 Å². The van der Waals surface area contributed by atoms with Gasteiger partial charge in [-0.1, -0.05) is 45.9 Å². The molecule has 0 aliphatic heterocycles. The zero-order chi connectivity index (χ0) is 12.4. The van der Waals surface area contributed by atoms with Gasteiger partial charge in [0.1, 0.15) is 0 Å². The summed E-state index contributed by atoms with van der Waals surface area (Å²) in [4.78, 5) is 0. The molecule has 0 radical (unpaired) electrons. The van der Waals surface area contributed by atoms with E-state index in [2.05, 4.69) is 74.7 Å². The maximum Gasteiger partial charge on any atom is 0.0455 e. The van der Waals surface area contributed by atoms with Crippen LogP contribution < -0.4 is 0 Å². The van der Waals surface area contributed by atoms with Crippen LogP contribution in [0.5, 0.6) is 0 Å². The molecule has 0 aliphatic rings. The maximum atomic E-state index is 2.40.